The largest absolute Gasteiger partial charge is 0.349 e. The minimum atomic E-state index is -0.131. The van der Waals surface area contributed by atoms with Crippen LogP contribution in [-0.4, -0.2) is 18.0 Å². The molecule has 1 aliphatic carbocycles. The topological polar surface area (TPSA) is 55.1 Å². The van der Waals surface area contributed by atoms with Crippen LogP contribution in [0.15, 0.2) is 30.3 Å². The number of carbonyl (C=O) groups is 1. The van der Waals surface area contributed by atoms with Gasteiger partial charge in [0.15, 0.2) is 0 Å². The summed E-state index contributed by atoms with van der Waals surface area (Å²) in [6, 6.07) is 10.2. The fourth-order valence-electron chi connectivity index (χ4n) is 2.96. The van der Waals surface area contributed by atoms with E-state index in [2.05, 4.69) is 24.4 Å². The molecule has 1 saturated carbocycles. The SMILES string of the molecule is CC(CC(=O)NC1(CN)CCCC1)c1ccccc1.Cl. The Balaban J connectivity index is 0.00000200. The second kappa shape index (κ2) is 7.65. The van der Waals surface area contributed by atoms with E-state index in [0.29, 0.717) is 13.0 Å². The predicted molar refractivity (Wildman–Crippen MR) is 85.1 cm³/mol. The van der Waals surface area contributed by atoms with Gasteiger partial charge in [0, 0.05) is 13.0 Å². The Kier molecular flexibility index (Phi) is 6.50. The van der Waals surface area contributed by atoms with Crippen LogP contribution in [0.25, 0.3) is 0 Å². The van der Waals surface area contributed by atoms with E-state index in [9.17, 15) is 4.79 Å². The molecule has 0 bridgehead atoms. The summed E-state index contributed by atoms with van der Waals surface area (Å²) in [7, 11) is 0. The lowest BCUT2D eigenvalue weighted by Crippen LogP contribution is -2.51. The van der Waals surface area contributed by atoms with Gasteiger partial charge < -0.3 is 11.1 Å². The monoisotopic (exact) mass is 296 g/mol. The summed E-state index contributed by atoms with van der Waals surface area (Å²) in [6.45, 7) is 2.65. The molecular formula is C16H25ClN2O. The molecule has 20 heavy (non-hydrogen) atoms. The van der Waals surface area contributed by atoms with Crippen LogP contribution in [0, 0.1) is 0 Å². The summed E-state index contributed by atoms with van der Waals surface area (Å²) in [6.07, 6.45) is 4.92. The molecule has 1 amide bonds. The molecule has 0 saturated heterocycles. The van der Waals surface area contributed by atoms with Gasteiger partial charge >= 0.3 is 0 Å². The molecule has 1 fully saturated rings. The molecule has 112 valence electrons. The molecule has 0 radical (unpaired) electrons. The molecular weight excluding hydrogens is 272 g/mol. The third-order valence-electron chi connectivity index (χ3n) is 4.22. The zero-order valence-electron chi connectivity index (χ0n) is 12.1. The van der Waals surface area contributed by atoms with Crippen molar-refractivity contribution in [2.45, 2.75) is 50.5 Å². The van der Waals surface area contributed by atoms with Crippen LogP contribution in [0.5, 0.6) is 0 Å². The highest BCUT2D eigenvalue weighted by molar-refractivity contribution is 5.85. The molecule has 1 atom stereocenters. The number of amides is 1. The third kappa shape index (κ3) is 4.22. The minimum absolute atomic E-state index is 0. The highest BCUT2D eigenvalue weighted by Crippen LogP contribution is 2.29. The second-order valence-corrected chi connectivity index (χ2v) is 5.76. The summed E-state index contributed by atoms with van der Waals surface area (Å²) >= 11 is 0. The molecule has 3 nitrogen and oxygen atoms in total. The van der Waals surface area contributed by atoms with Gasteiger partial charge in [0.1, 0.15) is 0 Å². The van der Waals surface area contributed by atoms with Crippen molar-refractivity contribution in [3.05, 3.63) is 35.9 Å². The lowest BCUT2D eigenvalue weighted by atomic mass is 9.94. The van der Waals surface area contributed by atoms with Crippen molar-refractivity contribution in [1.82, 2.24) is 5.32 Å². The van der Waals surface area contributed by atoms with E-state index in [1.54, 1.807) is 0 Å². The number of hydrogen-bond donors (Lipinski definition) is 2. The Labute approximate surface area is 127 Å². The molecule has 3 N–H and O–H groups in total. The predicted octanol–water partition coefficient (Wildman–Crippen LogP) is 2.99. The van der Waals surface area contributed by atoms with Gasteiger partial charge in [0.05, 0.1) is 5.54 Å². The van der Waals surface area contributed by atoms with Crippen molar-refractivity contribution in [3.8, 4) is 0 Å². The molecule has 0 aliphatic heterocycles. The highest BCUT2D eigenvalue weighted by atomic mass is 35.5. The van der Waals surface area contributed by atoms with Gasteiger partial charge in [-0.2, -0.15) is 0 Å². The van der Waals surface area contributed by atoms with E-state index in [-0.39, 0.29) is 29.8 Å². The van der Waals surface area contributed by atoms with E-state index in [1.807, 2.05) is 18.2 Å². The van der Waals surface area contributed by atoms with Gasteiger partial charge in [-0.1, -0.05) is 50.1 Å². The average Bonchev–Trinajstić information content (AvgIpc) is 2.88. The van der Waals surface area contributed by atoms with Crippen molar-refractivity contribution in [1.29, 1.82) is 0 Å². The van der Waals surface area contributed by atoms with Gasteiger partial charge in [-0.25, -0.2) is 0 Å². The fourth-order valence-corrected chi connectivity index (χ4v) is 2.96. The van der Waals surface area contributed by atoms with Crippen molar-refractivity contribution < 1.29 is 4.79 Å². The van der Waals surface area contributed by atoms with Crippen LogP contribution in [-0.2, 0) is 4.79 Å². The average molecular weight is 297 g/mol. The van der Waals surface area contributed by atoms with Crippen LogP contribution < -0.4 is 11.1 Å². The van der Waals surface area contributed by atoms with Crippen molar-refractivity contribution >= 4 is 18.3 Å². The number of halogens is 1. The van der Waals surface area contributed by atoms with E-state index < -0.39 is 0 Å². The number of nitrogens with two attached hydrogens (primary N) is 1. The summed E-state index contributed by atoms with van der Waals surface area (Å²) in [5.41, 5.74) is 6.93. The molecule has 4 heteroatoms. The van der Waals surface area contributed by atoms with E-state index in [4.69, 9.17) is 5.73 Å². The van der Waals surface area contributed by atoms with Crippen LogP contribution >= 0.6 is 12.4 Å². The molecule has 1 aromatic rings. The highest BCUT2D eigenvalue weighted by Gasteiger charge is 2.33. The van der Waals surface area contributed by atoms with E-state index in [1.165, 1.54) is 18.4 Å². The fraction of sp³-hybridized carbons (Fsp3) is 0.562. The first kappa shape index (κ1) is 17.0. The van der Waals surface area contributed by atoms with Crippen LogP contribution in [0.1, 0.15) is 50.5 Å². The van der Waals surface area contributed by atoms with Crippen LogP contribution in [0.4, 0.5) is 0 Å². The Morgan fingerprint density at radius 2 is 1.90 bits per heavy atom. The Morgan fingerprint density at radius 1 is 1.30 bits per heavy atom. The molecule has 0 heterocycles. The smallest absolute Gasteiger partial charge is 0.221 e. The van der Waals surface area contributed by atoms with Gasteiger partial charge in [-0.15, -0.1) is 12.4 Å². The lowest BCUT2D eigenvalue weighted by molar-refractivity contribution is -0.123. The number of nitrogens with one attached hydrogen (secondary N) is 1. The summed E-state index contributed by atoms with van der Waals surface area (Å²) < 4.78 is 0. The Hall–Kier alpha value is -1.06. The first-order chi connectivity index (χ1) is 9.15. The molecule has 0 spiro atoms. The maximum absolute atomic E-state index is 12.2. The summed E-state index contributed by atoms with van der Waals surface area (Å²) in [5.74, 6) is 0.376. The molecule has 0 aromatic heterocycles. The Bertz CT molecular complexity index is 416. The lowest BCUT2D eigenvalue weighted by Gasteiger charge is -2.29. The zero-order valence-corrected chi connectivity index (χ0v) is 12.9. The zero-order chi connectivity index (χ0) is 13.7. The summed E-state index contributed by atoms with van der Waals surface area (Å²) in [4.78, 5) is 12.2. The minimum Gasteiger partial charge on any atom is -0.349 e. The van der Waals surface area contributed by atoms with Crippen LogP contribution in [0.2, 0.25) is 0 Å². The second-order valence-electron chi connectivity index (χ2n) is 5.76. The Morgan fingerprint density at radius 3 is 2.45 bits per heavy atom. The van der Waals surface area contributed by atoms with Crippen molar-refractivity contribution in [2.24, 2.45) is 5.73 Å². The molecule has 2 rings (SSSR count). The van der Waals surface area contributed by atoms with Crippen molar-refractivity contribution in [2.75, 3.05) is 6.54 Å². The van der Waals surface area contributed by atoms with Gasteiger partial charge in [-0.05, 0) is 24.3 Å². The van der Waals surface area contributed by atoms with Crippen molar-refractivity contribution in [3.63, 3.8) is 0 Å². The number of rotatable bonds is 5. The van der Waals surface area contributed by atoms with E-state index >= 15 is 0 Å². The number of benzene rings is 1. The van der Waals surface area contributed by atoms with Gasteiger partial charge in [0.25, 0.3) is 0 Å². The number of carbonyl (C=O) groups excluding carboxylic acids is 1. The molecule has 1 aromatic carbocycles. The van der Waals surface area contributed by atoms with E-state index in [0.717, 1.165) is 12.8 Å². The maximum Gasteiger partial charge on any atom is 0.221 e. The standard InChI is InChI=1S/C16H24N2O.ClH/c1-13(14-7-3-2-4-8-14)11-15(19)18-16(12-17)9-5-6-10-16;/h2-4,7-8,13H,5-6,9-12,17H2,1H3,(H,18,19);1H. The summed E-state index contributed by atoms with van der Waals surface area (Å²) in [5, 5.41) is 3.18. The van der Waals surface area contributed by atoms with Gasteiger partial charge in [-0.3, -0.25) is 4.79 Å². The van der Waals surface area contributed by atoms with Gasteiger partial charge in [0.2, 0.25) is 5.91 Å². The normalized spacial score (nSPS) is 18.1. The quantitative estimate of drug-likeness (QED) is 0.877. The number of hydrogen-bond acceptors (Lipinski definition) is 2. The molecule has 1 unspecified atom stereocenters. The first-order valence-electron chi connectivity index (χ1n) is 7.21. The van der Waals surface area contributed by atoms with Crippen LogP contribution in [0.3, 0.4) is 0 Å². The molecule has 1 aliphatic rings. The maximum atomic E-state index is 12.2. The first-order valence-corrected chi connectivity index (χ1v) is 7.21. The third-order valence-corrected chi connectivity index (χ3v) is 4.22.